The second kappa shape index (κ2) is 6.84. The summed E-state index contributed by atoms with van der Waals surface area (Å²) >= 11 is 12.0. The molecule has 2 aromatic carbocycles. The summed E-state index contributed by atoms with van der Waals surface area (Å²) < 4.78 is 29.7. The Bertz CT molecular complexity index is 926. The number of fused-ring (bicyclic) bond motifs is 1. The lowest BCUT2D eigenvalue weighted by molar-refractivity contribution is 0.354. The van der Waals surface area contributed by atoms with Crippen LogP contribution in [0.25, 0.3) is 6.08 Å². The molecule has 2 aromatic rings. The summed E-state index contributed by atoms with van der Waals surface area (Å²) in [5.74, 6) is 0.545. The fourth-order valence-electron chi connectivity index (χ4n) is 2.14. The largest absolute Gasteiger partial charge is 0.487 e. The standard InChI is InChI=1S/C16H12Cl2N2O3S/c17-13-7-12-6-11(10-23-16(12)15(18)8-13)9-19-20-24(21,22)14-4-2-1-3-5-14/h1-9,20H,10H2/b19-9+. The average Bonchev–Trinajstić information content (AvgIpc) is 2.55. The highest BCUT2D eigenvalue weighted by atomic mass is 35.5. The van der Waals surface area contributed by atoms with Gasteiger partial charge >= 0.3 is 0 Å². The highest BCUT2D eigenvalue weighted by molar-refractivity contribution is 7.89. The molecule has 1 aliphatic rings. The van der Waals surface area contributed by atoms with Crippen molar-refractivity contribution >= 4 is 45.5 Å². The van der Waals surface area contributed by atoms with Gasteiger partial charge in [-0.3, -0.25) is 0 Å². The summed E-state index contributed by atoms with van der Waals surface area (Å²) in [5.41, 5.74) is 1.39. The number of nitrogens with one attached hydrogen (secondary N) is 1. The first-order valence-corrected chi connectivity index (χ1v) is 9.12. The van der Waals surface area contributed by atoms with Crippen molar-refractivity contribution in [3.05, 3.63) is 63.6 Å². The number of sulfonamides is 1. The van der Waals surface area contributed by atoms with E-state index in [9.17, 15) is 8.42 Å². The van der Waals surface area contributed by atoms with Crippen LogP contribution in [0.5, 0.6) is 5.75 Å². The molecule has 1 N–H and O–H groups in total. The van der Waals surface area contributed by atoms with E-state index in [-0.39, 0.29) is 11.5 Å². The van der Waals surface area contributed by atoms with E-state index in [1.807, 2.05) is 0 Å². The van der Waals surface area contributed by atoms with Crippen LogP contribution in [0.2, 0.25) is 10.0 Å². The molecule has 0 saturated heterocycles. The lowest BCUT2D eigenvalue weighted by atomic mass is 10.1. The van der Waals surface area contributed by atoms with Crippen LogP contribution in [-0.4, -0.2) is 21.2 Å². The highest BCUT2D eigenvalue weighted by Crippen LogP contribution is 2.36. The normalized spacial score (nSPS) is 14.0. The predicted octanol–water partition coefficient (Wildman–Crippen LogP) is 3.73. The van der Waals surface area contributed by atoms with E-state index >= 15 is 0 Å². The Hall–Kier alpha value is -2.02. The molecule has 8 heteroatoms. The summed E-state index contributed by atoms with van der Waals surface area (Å²) in [7, 11) is -3.69. The highest BCUT2D eigenvalue weighted by Gasteiger charge is 2.15. The van der Waals surface area contributed by atoms with Crippen molar-refractivity contribution in [2.24, 2.45) is 5.10 Å². The molecule has 24 heavy (non-hydrogen) atoms. The molecular weight excluding hydrogens is 371 g/mol. The SMILES string of the molecule is O=S(=O)(N/N=C/C1=Cc2cc(Cl)cc(Cl)c2OC1)c1ccccc1. The van der Waals surface area contributed by atoms with Gasteiger partial charge in [0.2, 0.25) is 0 Å². The summed E-state index contributed by atoms with van der Waals surface area (Å²) in [4.78, 5) is 2.30. The summed E-state index contributed by atoms with van der Waals surface area (Å²) in [6.07, 6.45) is 3.18. The van der Waals surface area contributed by atoms with Gasteiger partial charge in [0.1, 0.15) is 12.4 Å². The van der Waals surface area contributed by atoms with Gasteiger partial charge in [-0.25, -0.2) is 4.83 Å². The topological polar surface area (TPSA) is 67.8 Å². The number of hydrogen-bond donors (Lipinski definition) is 1. The summed E-state index contributed by atoms with van der Waals surface area (Å²) in [6.45, 7) is 0.227. The van der Waals surface area contributed by atoms with Gasteiger partial charge in [0.05, 0.1) is 16.1 Å². The van der Waals surface area contributed by atoms with E-state index in [1.165, 1.54) is 18.3 Å². The number of rotatable bonds is 4. The minimum atomic E-state index is -3.69. The number of hydrogen-bond acceptors (Lipinski definition) is 4. The molecule has 0 bridgehead atoms. The van der Waals surface area contributed by atoms with Gasteiger partial charge < -0.3 is 4.74 Å². The minimum absolute atomic E-state index is 0.139. The van der Waals surface area contributed by atoms with Crippen LogP contribution in [0.3, 0.4) is 0 Å². The maximum atomic E-state index is 12.1. The molecule has 0 unspecified atom stereocenters. The van der Waals surface area contributed by atoms with E-state index in [2.05, 4.69) is 9.93 Å². The molecule has 5 nitrogen and oxygen atoms in total. The third-order valence-electron chi connectivity index (χ3n) is 3.22. The van der Waals surface area contributed by atoms with Crippen molar-refractivity contribution in [2.75, 3.05) is 6.61 Å². The molecule has 124 valence electrons. The Labute approximate surface area is 149 Å². The van der Waals surface area contributed by atoms with Crippen LogP contribution in [0.1, 0.15) is 5.56 Å². The van der Waals surface area contributed by atoms with Crippen LogP contribution in [0.4, 0.5) is 0 Å². The van der Waals surface area contributed by atoms with Crippen molar-refractivity contribution in [1.82, 2.24) is 4.83 Å². The first kappa shape index (κ1) is 16.8. The van der Waals surface area contributed by atoms with Crippen LogP contribution in [-0.2, 0) is 10.0 Å². The third kappa shape index (κ3) is 3.72. The lowest BCUT2D eigenvalue weighted by Crippen LogP contribution is -2.19. The van der Waals surface area contributed by atoms with Crippen molar-refractivity contribution in [3.8, 4) is 5.75 Å². The van der Waals surface area contributed by atoms with Crippen LogP contribution in [0, 0.1) is 0 Å². The van der Waals surface area contributed by atoms with Crippen molar-refractivity contribution < 1.29 is 13.2 Å². The zero-order valence-electron chi connectivity index (χ0n) is 12.2. The predicted molar refractivity (Wildman–Crippen MR) is 95.2 cm³/mol. The van der Waals surface area contributed by atoms with Gasteiger partial charge in [0, 0.05) is 16.2 Å². The molecule has 3 rings (SSSR count). The van der Waals surface area contributed by atoms with Crippen LogP contribution >= 0.6 is 23.2 Å². The molecule has 0 amide bonds. The van der Waals surface area contributed by atoms with Crippen molar-refractivity contribution in [3.63, 3.8) is 0 Å². The van der Waals surface area contributed by atoms with E-state index < -0.39 is 10.0 Å². The molecular formula is C16H12Cl2N2O3S. The van der Waals surface area contributed by atoms with Gasteiger partial charge in [-0.2, -0.15) is 13.5 Å². The Morgan fingerprint density at radius 2 is 1.92 bits per heavy atom. The van der Waals surface area contributed by atoms with Gasteiger partial charge in [0.15, 0.2) is 0 Å². The maximum Gasteiger partial charge on any atom is 0.276 e. The van der Waals surface area contributed by atoms with E-state index in [4.69, 9.17) is 27.9 Å². The molecule has 1 heterocycles. The summed E-state index contributed by atoms with van der Waals surface area (Å²) in [6, 6.07) is 11.3. The van der Waals surface area contributed by atoms with Gasteiger partial charge in [-0.1, -0.05) is 41.4 Å². The van der Waals surface area contributed by atoms with Crippen LogP contribution < -0.4 is 9.57 Å². The Morgan fingerprint density at radius 1 is 1.17 bits per heavy atom. The number of hydrazone groups is 1. The zero-order chi connectivity index (χ0) is 17.2. The number of ether oxygens (including phenoxy) is 1. The van der Waals surface area contributed by atoms with Crippen LogP contribution in [0.15, 0.2) is 58.0 Å². The second-order valence-corrected chi connectivity index (χ2v) is 7.48. The van der Waals surface area contributed by atoms with E-state index in [0.717, 1.165) is 0 Å². The monoisotopic (exact) mass is 382 g/mol. The first-order chi connectivity index (χ1) is 11.5. The fraction of sp³-hybridized carbons (Fsp3) is 0.0625. The summed E-state index contributed by atoms with van der Waals surface area (Å²) in [5, 5.41) is 4.70. The molecule has 0 spiro atoms. The van der Waals surface area contributed by atoms with E-state index in [0.29, 0.717) is 26.9 Å². The molecule has 0 saturated carbocycles. The Morgan fingerprint density at radius 3 is 2.67 bits per heavy atom. The number of halogens is 2. The maximum absolute atomic E-state index is 12.1. The van der Waals surface area contributed by atoms with E-state index in [1.54, 1.807) is 36.4 Å². The second-order valence-electron chi connectivity index (χ2n) is 4.98. The third-order valence-corrected chi connectivity index (χ3v) is 4.96. The molecule has 0 radical (unpaired) electrons. The number of benzene rings is 2. The molecule has 0 aromatic heterocycles. The molecule has 0 fully saturated rings. The average molecular weight is 383 g/mol. The van der Waals surface area contributed by atoms with Crippen molar-refractivity contribution in [1.29, 1.82) is 0 Å². The Balaban J connectivity index is 1.77. The first-order valence-electron chi connectivity index (χ1n) is 6.88. The fourth-order valence-corrected chi connectivity index (χ4v) is 3.52. The Kier molecular flexibility index (Phi) is 4.80. The van der Waals surface area contributed by atoms with Crippen molar-refractivity contribution in [2.45, 2.75) is 4.90 Å². The quantitative estimate of drug-likeness (QED) is 0.646. The van der Waals surface area contributed by atoms with Gasteiger partial charge in [0.25, 0.3) is 10.0 Å². The smallest absolute Gasteiger partial charge is 0.276 e. The minimum Gasteiger partial charge on any atom is -0.487 e. The lowest BCUT2D eigenvalue weighted by Gasteiger charge is -2.17. The molecule has 1 aliphatic heterocycles. The molecule has 0 aliphatic carbocycles. The number of nitrogens with zero attached hydrogens (tertiary/aromatic N) is 1. The van der Waals surface area contributed by atoms with Gasteiger partial charge in [-0.05, 0) is 30.3 Å². The molecule has 0 atom stereocenters. The zero-order valence-corrected chi connectivity index (χ0v) is 14.6. The van der Waals surface area contributed by atoms with Gasteiger partial charge in [-0.15, -0.1) is 0 Å².